The SMILES string of the molecule is O=C1CCC(NC(=O)c2ccc(C3CCN(C(=O)O)CC3)cc2F)C(=O)N1. The summed E-state index contributed by atoms with van der Waals surface area (Å²) in [4.78, 5) is 47.4. The highest BCUT2D eigenvalue weighted by atomic mass is 19.1. The van der Waals surface area contributed by atoms with Crippen LogP contribution < -0.4 is 10.6 Å². The molecule has 0 aliphatic carbocycles. The number of nitrogens with zero attached hydrogens (tertiary/aromatic N) is 1. The maximum Gasteiger partial charge on any atom is 0.407 e. The number of carbonyl (C=O) groups excluding carboxylic acids is 3. The lowest BCUT2D eigenvalue weighted by Gasteiger charge is -2.30. The number of hydrogen-bond acceptors (Lipinski definition) is 4. The Labute approximate surface area is 154 Å². The first-order valence-electron chi connectivity index (χ1n) is 8.77. The first-order valence-corrected chi connectivity index (χ1v) is 8.77. The number of halogens is 1. The number of amides is 4. The molecule has 0 bridgehead atoms. The molecule has 2 aliphatic rings. The Bertz CT molecular complexity index is 789. The summed E-state index contributed by atoms with van der Waals surface area (Å²) in [6.07, 6.45) is 0.520. The van der Waals surface area contributed by atoms with Crippen molar-refractivity contribution >= 4 is 23.8 Å². The summed E-state index contributed by atoms with van der Waals surface area (Å²) in [6, 6.07) is 3.45. The lowest BCUT2D eigenvalue weighted by atomic mass is 9.89. The topological polar surface area (TPSA) is 116 Å². The van der Waals surface area contributed by atoms with Crippen LogP contribution in [0.5, 0.6) is 0 Å². The molecule has 0 spiro atoms. The fourth-order valence-corrected chi connectivity index (χ4v) is 3.44. The molecule has 0 saturated carbocycles. The van der Waals surface area contributed by atoms with Crippen LogP contribution in [0.4, 0.5) is 9.18 Å². The third-order valence-corrected chi connectivity index (χ3v) is 5.02. The first kappa shape index (κ1) is 18.8. The summed E-state index contributed by atoms with van der Waals surface area (Å²) in [7, 11) is 0. The second-order valence-electron chi connectivity index (χ2n) is 6.76. The second kappa shape index (κ2) is 7.73. The highest BCUT2D eigenvalue weighted by Gasteiger charge is 2.29. The molecule has 2 aliphatic heterocycles. The van der Waals surface area contributed by atoms with Crippen LogP contribution in [-0.4, -0.2) is 53.0 Å². The van der Waals surface area contributed by atoms with Crippen molar-refractivity contribution in [2.75, 3.05) is 13.1 Å². The van der Waals surface area contributed by atoms with Crippen LogP contribution in [0.3, 0.4) is 0 Å². The molecular formula is C18H20FN3O5. The zero-order valence-corrected chi connectivity index (χ0v) is 14.5. The van der Waals surface area contributed by atoms with Crippen LogP contribution in [0.25, 0.3) is 0 Å². The molecule has 0 aromatic heterocycles. The van der Waals surface area contributed by atoms with Gasteiger partial charge >= 0.3 is 6.09 Å². The summed E-state index contributed by atoms with van der Waals surface area (Å²) < 4.78 is 14.5. The molecule has 2 fully saturated rings. The molecule has 1 unspecified atom stereocenters. The van der Waals surface area contributed by atoms with Gasteiger partial charge in [0.15, 0.2) is 0 Å². The summed E-state index contributed by atoms with van der Waals surface area (Å²) >= 11 is 0. The number of carboxylic acid groups (broad SMARTS) is 1. The van der Waals surface area contributed by atoms with E-state index in [1.807, 2.05) is 0 Å². The van der Waals surface area contributed by atoms with E-state index in [1.54, 1.807) is 6.07 Å². The molecule has 8 nitrogen and oxygen atoms in total. The van der Waals surface area contributed by atoms with Crippen molar-refractivity contribution in [3.05, 3.63) is 35.1 Å². The molecule has 2 heterocycles. The molecule has 1 aromatic rings. The predicted octanol–water partition coefficient (Wildman–Crippen LogP) is 1.22. The van der Waals surface area contributed by atoms with E-state index in [0.29, 0.717) is 25.9 Å². The van der Waals surface area contributed by atoms with E-state index in [2.05, 4.69) is 10.6 Å². The normalized spacial score (nSPS) is 20.9. The first-order chi connectivity index (χ1) is 12.8. The number of piperidine rings is 2. The number of nitrogens with one attached hydrogen (secondary N) is 2. The van der Waals surface area contributed by atoms with Gasteiger partial charge in [0.05, 0.1) is 5.56 Å². The molecule has 9 heteroatoms. The quantitative estimate of drug-likeness (QED) is 0.685. The van der Waals surface area contributed by atoms with E-state index < -0.39 is 35.7 Å². The Kier molecular flexibility index (Phi) is 5.38. The Morgan fingerprint density at radius 2 is 1.89 bits per heavy atom. The van der Waals surface area contributed by atoms with E-state index >= 15 is 0 Å². The standard InChI is InChI=1S/C18H20FN3O5/c19-13-9-11(10-5-7-22(8-6-10)18(26)27)1-2-12(13)16(24)20-14-3-4-15(23)21-17(14)25/h1-2,9-10,14H,3-8H2,(H,20,24)(H,26,27)(H,21,23,25). The zero-order valence-electron chi connectivity index (χ0n) is 14.5. The fourth-order valence-electron chi connectivity index (χ4n) is 3.44. The number of benzene rings is 1. The van der Waals surface area contributed by atoms with Gasteiger partial charge in [-0.2, -0.15) is 0 Å². The maximum absolute atomic E-state index is 14.5. The molecule has 3 rings (SSSR count). The fraction of sp³-hybridized carbons (Fsp3) is 0.444. The minimum Gasteiger partial charge on any atom is -0.465 e. The predicted molar refractivity (Wildman–Crippen MR) is 91.6 cm³/mol. The van der Waals surface area contributed by atoms with Gasteiger partial charge in [-0.05, 0) is 42.9 Å². The molecule has 144 valence electrons. The van der Waals surface area contributed by atoms with Gasteiger partial charge in [0.25, 0.3) is 5.91 Å². The summed E-state index contributed by atoms with van der Waals surface area (Å²) in [6.45, 7) is 0.777. The molecule has 1 atom stereocenters. The zero-order chi connectivity index (χ0) is 19.6. The number of hydrogen-bond donors (Lipinski definition) is 3. The Morgan fingerprint density at radius 1 is 1.19 bits per heavy atom. The van der Waals surface area contributed by atoms with Crippen LogP contribution >= 0.6 is 0 Å². The highest BCUT2D eigenvalue weighted by Crippen LogP contribution is 2.29. The molecule has 2 saturated heterocycles. The van der Waals surface area contributed by atoms with Crippen molar-refractivity contribution < 1.29 is 28.7 Å². The lowest BCUT2D eigenvalue weighted by Crippen LogP contribution is -2.52. The summed E-state index contributed by atoms with van der Waals surface area (Å²) in [5.41, 5.74) is 0.543. The minimum atomic E-state index is -0.958. The van der Waals surface area contributed by atoms with E-state index in [1.165, 1.54) is 17.0 Å². The van der Waals surface area contributed by atoms with Gasteiger partial charge in [0, 0.05) is 19.5 Å². The van der Waals surface area contributed by atoms with Crippen LogP contribution in [0.2, 0.25) is 0 Å². The van der Waals surface area contributed by atoms with Gasteiger partial charge in [-0.15, -0.1) is 0 Å². The van der Waals surface area contributed by atoms with Crippen molar-refractivity contribution in [3.8, 4) is 0 Å². The average molecular weight is 377 g/mol. The molecule has 1 aromatic carbocycles. The number of rotatable bonds is 3. The lowest BCUT2D eigenvalue weighted by molar-refractivity contribution is -0.134. The van der Waals surface area contributed by atoms with Gasteiger partial charge < -0.3 is 15.3 Å². The van der Waals surface area contributed by atoms with E-state index in [9.17, 15) is 23.6 Å². The second-order valence-corrected chi connectivity index (χ2v) is 6.76. The van der Waals surface area contributed by atoms with Gasteiger partial charge in [-0.3, -0.25) is 19.7 Å². The minimum absolute atomic E-state index is 0.0299. The van der Waals surface area contributed by atoms with E-state index in [0.717, 1.165) is 5.56 Å². The van der Waals surface area contributed by atoms with E-state index in [-0.39, 0.29) is 24.3 Å². The van der Waals surface area contributed by atoms with E-state index in [4.69, 9.17) is 5.11 Å². The third-order valence-electron chi connectivity index (χ3n) is 5.02. The molecular weight excluding hydrogens is 357 g/mol. The Balaban J connectivity index is 1.64. The Morgan fingerprint density at radius 3 is 2.48 bits per heavy atom. The number of carbonyl (C=O) groups is 4. The molecule has 0 radical (unpaired) electrons. The molecule has 4 amide bonds. The molecule has 27 heavy (non-hydrogen) atoms. The monoisotopic (exact) mass is 377 g/mol. The van der Waals surface area contributed by atoms with Crippen LogP contribution in [0.15, 0.2) is 18.2 Å². The summed E-state index contributed by atoms with van der Waals surface area (Å²) in [5, 5.41) is 13.6. The van der Waals surface area contributed by atoms with Crippen molar-refractivity contribution in [2.24, 2.45) is 0 Å². The number of likely N-dealkylation sites (tertiary alicyclic amines) is 1. The van der Waals surface area contributed by atoms with Gasteiger partial charge in [-0.1, -0.05) is 6.07 Å². The van der Waals surface area contributed by atoms with Gasteiger partial charge in [-0.25, -0.2) is 9.18 Å². The number of imide groups is 1. The maximum atomic E-state index is 14.5. The largest absolute Gasteiger partial charge is 0.465 e. The summed E-state index contributed by atoms with van der Waals surface area (Å²) in [5.74, 6) is -2.37. The third kappa shape index (κ3) is 4.24. The molecule has 3 N–H and O–H groups in total. The average Bonchev–Trinajstić information content (AvgIpc) is 2.64. The van der Waals surface area contributed by atoms with Crippen LogP contribution in [0, 0.1) is 5.82 Å². The van der Waals surface area contributed by atoms with Crippen LogP contribution in [0.1, 0.15) is 47.5 Å². The van der Waals surface area contributed by atoms with Crippen molar-refractivity contribution in [3.63, 3.8) is 0 Å². The highest BCUT2D eigenvalue weighted by molar-refractivity contribution is 6.03. The van der Waals surface area contributed by atoms with Crippen molar-refractivity contribution in [1.29, 1.82) is 0 Å². The van der Waals surface area contributed by atoms with Crippen molar-refractivity contribution in [1.82, 2.24) is 15.5 Å². The smallest absolute Gasteiger partial charge is 0.407 e. The Hall–Kier alpha value is -2.97. The van der Waals surface area contributed by atoms with Gasteiger partial charge in [0.2, 0.25) is 11.8 Å². The van der Waals surface area contributed by atoms with Crippen LogP contribution in [-0.2, 0) is 9.59 Å². The van der Waals surface area contributed by atoms with Gasteiger partial charge in [0.1, 0.15) is 11.9 Å². The van der Waals surface area contributed by atoms with Crippen molar-refractivity contribution in [2.45, 2.75) is 37.6 Å².